The first-order valence-corrected chi connectivity index (χ1v) is 11.1. The number of carbonyl (C=O) groups is 1. The highest BCUT2D eigenvalue weighted by Crippen LogP contribution is 2.21. The van der Waals surface area contributed by atoms with E-state index >= 15 is 0 Å². The fourth-order valence-electron chi connectivity index (χ4n) is 3.98. The van der Waals surface area contributed by atoms with Gasteiger partial charge in [-0.3, -0.25) is 9.69 Å². The molecule has 0 spiro atoms. The van der Waals surface area contributed by atoms with E-state index in [1.165, 1.54) is 19.3 Å². The van der Waals surface area contributed by atoms with Crippen LogP contribution in [0.15, 0.2) is 40.8 Å². The normalized spacial score (nSPS) is 20.8. The maximum atomic E-state index is 12.5. The molecule has 4 rings (SSSR count). The summed E-state index contributed by atoms with van der Waals surface area (Å²) in [6, 6.07) is 11.1. The van der Waals surface area contributed by atoms with Gasteiger partial charge in [-0.15, -0.1) is 0 Å². The highest BCUT2D eigenvalue weighted by atomic mass is 16.5. The van der Waals surface area contributed by atoms with Crippen LogP contribution in [0, 0.1) is 5.92 Å². The number of nitrogens with one attached hydrogen (secondary N) is 1. The van der Waals surface area contributed by atoms with E-state index in [4.69, 9.17) is 13.9 Å². The molecule has 0 saturated carbocycles. The third kappa shape index (κ3) is 5.86. The Morgan fingerprint density at radius 3 is 2.63 bits per heavy atom. The molecular weight excluding hydrogens is 380 g/mol. The van der Waals surface area contributed by atoms with Crippen molar-refractivity contribution >= 4 is 11.6 Å². The summed E-state index contributed by atoms with van der Waals surface area (Å²) in [5, 5.41) is 2.89. The van der Waals surface area contributed by atoms with E-state index in [0.717, 1.165) is 56.5 Å². The summed E-state index contributed by atoms with van der Waals surface area (Å²) < 4.78 is 17.3. The Bertz CT molecular complexity index is 803. The summed E-state index contributed by atoms with van der Waals surface area (Å²) in [4.78, 5) is 14.9. The molecule has 0 radical (unpaired) electrons. The van der Waals surface area contributed by atoms with Crippen LogP contribution in [-0.4, -0.2) is 43.2 Å². The molecule has 2 fully saturated rings. The first kappa shape index (κ1) is 20.9. The summed E-state index contributed by atoms with van der Waals surface area (Å²) in [5.41, 5.74) is 0.712. The Kier molecular flexibility index (Phi) is 7.07. The van der Waals surface area contributed by atoms with Gasteiger partial charge in [-0.25, -0.2) is 0 Å². The van der Waals surface area contributed by atoms with Crippen LogP contribution in [0.3, 0.4) is 0 Å². The number of furan rings is 1. The number of likely N-dealkylation sites (tertiary alicyclic amines) is 1. The van der Waals surface area contributed by atoms with Gasteiger partial charge in [0.15, 0.2) is 5.76 Å². The summed E-state index contributed by atoms with van der Waals surface area (Å²) in [5.74, 6) is 2.52. The molecule has 2 aromatic rings. The molecule has 1 amide bonds. The van der Waals surface area contributed by atoms with Gasteiger partial charge < -0.3 is 19.2 Å². The molecule has 1 aromatic heterocycles. The van der Waals surface area contributed by atoms with Crippen molar-refractivity contribution in [3.8, 4) is 5.75 Å². The molecule has 1 aromatic carbocycles. The Morgan fingerprint density at radius 2 is 1.90 bits per heavy atom. The number of amides is 1. The molecule has 6 nitrogen and oxygen atoms in total. The molecule has 1 N–H and O–H groups in total. The van der Waals surface area contributed by atoms with Gasteiger partial charge in [-0.1, -0.05) is 6.92 Å². The van der Waals surface area contributed by atoms with Crippen molar-refractivity contribution in [2.24, 2.45) is 5.92 Å². The average molecular weight is 413 g/mol. The largest absolute Gasteiger partial charge is 0.491 e. The number of ether oxygens (including phenoxy) is 2. The lowest BCUT2D eigenvalue weighted by Gasteiger charge is -2.29. The number of hydrogen-bond donors (Lipinski definition) is 1. The van der Waals surface area contributed by atoms with Crippen LogP contribution in [0.2, 0.25) is 0 Å². The third-order valence-corrected chi connectivity index (χ3v) is 5.96. The van der Waals surface area contributed by atoms with E-state index < -0.39 is 0 Å². The molecule has 0 bridgehead atoms. The van der Waals surface area contributed by atoms with Crippen LogP contribution >= 0.6 is 0 Å². The summed E-state index contributed by atoms with van der Waals surface area (Å²) in [6.07, 6.45) is 6.02. The number of carbonyl (C=O) groups excluding carboxylic acids is 1. The molecular formula is C24H32N2O4. The second-order valence-electron chi connectivity index (χ2n) is 8.50. The van der Waals surface area contributed by atoms with Crippen molar-refractivity contribution in [1.29, 1.82) is 0 Å². The van der Waals surface area contributed by atoms with E-state index in [2.05, 4.69) is 17.1 Å². The number of hydrogen-bond acceptors (Lipinski definition) is 5. The quantitative estimate of drug-likeness (QED) is 0.713. The third-order valence-electron chi connectivity index (χ3n) is 5.96. The lowest BCUT2D eigenvalue weighted by atomic mass is 9.99. The molecule has 0 aliphatic carbocycles. The van der Waals surface area contributed by atoms with Crippen LogP contribution in [-0.2, 0) is 11.3 Å². The zero-order chi connectivity index (χ0) is 20.8. The van der Waals surface area contributed by atoms with E-state index in [-0.39, 0.29) is 12.0 Å². The van der Waals surface area contributed by atoms with E-state index in [1.807, 2.05) is 30.3 Å². The molecule has 6 heteroatoms. The van der Waals surface area contributed by atoms with Gasteiger partial charge in [0.1, 0.15) is 18.1 Å². The molecule has 162 valence electrons. The van der Waals surface area contributed by atoms with Crippen molar-refractivity contribution in [3.63, 3.8) is 0 Å². The highest BCUT2D eigenvalue weighted by Gasteiger charge is 2.18. The SMILES string of the molecule is CC1CCN(Cc2ccc(C(=O)Nc3ccc(OCC4CCCCO4)cc3)o2)CC1. The molecule has 1 unspecified atom stereocenters. The second-order valence-corrected chi connectivity index (χ2v) is 8.50. The maximum absolute atomic E-state index is 12.5. The van der Waals surface area contributed by atoms with Gasteiger partial charge in [-0.2, -0.15) is 0 Å². The minimum atomic E-state index is -0.238. The summed E-state index contributed by atoms with van der Waals surface area (Å²) in [7, 11) is 0. The Labute approximate surface area is 178 Å². The molecule has 30 heavy (non-hydrogen) atoms. The Balaban J connectivity index is 1.25. The van der Waals surface area contributed by atoms with Crippen LogP contribution in [0.25, 0.3) is 0 Å². The highest BCUT2D eigenvalue weighted by molar-refractivity contribution is 6.02. The predicted molar refractivity (Wildman–Crippen MR) is 116 cm³/mol. The summed E-state index contributed by atoms with van der Waals surface area (Å²) >= 11 is 0. The minimum Gasteiger partial charge on any atom is -0.491 e. The van der Waals surface area contributed by atoms with Gasteiger partial charge in [0.25, 0.3) is 5.91 Å². The van der Waals surface area contributed by atoms with Gasteiger partial charge in [-0.05, 0) is 87.5 Å². The van der Waals surface area contributed by atoms with E-state index in [1.54, 1.807) is 6.07 Å². The van der Waals surface area contributed by atoms with E-state index in [0.29, 0.717) is 18.1 Å². The standard InChI is InChI=1S/C24H32N2O4/c1-18-11-13-26(14-12-18)16-21-9-10-23(30-21)24(27)25-19-5-7-20(8-6-19)29-17-22-4-2-3-15-28-22/h5-10,18,22H,2-4,11-17H2,1H3,(H,25,27). The zero-order valence-electron chi connectivity index (χ0n) is 17.8. The fourth-order valence-corrected chi connectivity index (χ4v) is 3.98. The monoisotopic (exact) mass is 412 g/mol. The first-order valence-electron chi connectivity index (χ1n) is 11.1. The van der Waals surface area contributed by atoms with Crippen molar-refractivity contribution in [3.05, 3.63) is 47.9 Å². The van der Waals surface area contributed by atoms with Gasteiger partial charge in [0.05, 0.1) is 12.6 Å². The van der Waals surface area contributed by atoms with Crippen LogP contribution in [0.1, 0.15) is 55.3 Å². The number of nitrogens with zero attached hydrogens (tertiary/aromatic N) is 1. The maximum Gasteiger partial charge on any atom is 0.291 e. The van der Waals surface area contributed by atoms with Crippen LogP contribution in [0.5, 0.6) is 5.75 Å². The first-order chi connectivity index (χ1) is 14.7. The van der Waals surface area contributed by atoms with Crippen molar-refractivity contribution < 1.29 is 18.7 Å². The fraction of sp³-hybridized carbons (Fsp3) is 0.542. The van der Waals surface area contributed by atoms with Crippen molar-refractivity contribution in [2.75, 3.05) is 31.6 Å². The van der Waals surface area contributed by atoms with Gasteiger partial charge in [0, 0.05) is 12.3 Å². The van der Waals surface area contributed by atoms with Gasteiger partial charge in [0.2, 0.25) is 0 Å². The van der Waals surface area contributed by atoms with Crippen molar-refractivity contribution in [1.82, 2.24) is 4.90 Å². The Hall–Kier alpha value is -2.31. The molecule has 3 heterocycles. The topological polar surface area (TPSA) is 63.9 Å². The molecule has 2 aliphatic rings. The zero-order valence-corrected chi connectivity index (χ0v) is 17.8. The number of anilines is 1. The van der Waals surface area contributed by atoms with E-state index in [9.17, 15) is 4.79 Å². The van der Waals surface area contributed by atoms with Gasteiger partial charge >= 0.3 is 0 Å². The number of benzene rings is 1. The number of piperidine rings is 1. The number of rotatable bonds is 7. The lowest BCUT2D eigenvalue weighted by molar-refractivity contribution is -0.0110. The predicted octanol–water partition coefficient (Wildman–Crippen LogP) is 4.71. The van der Waals surface area contributed by atoms with Crippen LogP contribution in [0.4, 0.5) is 5.69 Å². The average Bonchev–Trinajstić information content (AvgIpc) is 3.24. The molecule has 2 aliphatic heterocycles. The minimum absolute atomic E-state index is 0.180. The molecule has 2 saturated heterocycles. The molecule has 1 atom stereocenters. The smallest absolute Gasteiger partial charge is 0.291 e. The summed E-state index contributed by atoms with van der Waals surface area (Å²) in [6.45, 7) is 6.63. The van der Waals surface area contributed by atoms with Crippen LogP contribution < -0.4 is 10.1 Å². The second kappa shape index (κ2) is 10.1. The Morgan fingerprint density at radius 1 is 1.10 bits per heavy atom. The lowest BCUT2D eigenvalue weighted by Crippen LogP contribution is -2.32. The van der Waals surface area contributed by atoms with Crippen molar-refractivity contribution in [2.45, 2.75) is 51.7 Å².